The Morgan fingerprint density at radius 3 is 2.00 bits per heavy atom. The molecule has 1 atom stereocenters. The van der Waals surface area contributed by atoms with Crippen LogP contribution in [-0.2, 0) is 27.5 Å². The van der Waals surface area contributed by atoms with Crippen LogP contribution in [0.1, 0.15) is 21.5 Å². The van der Waals surface area contributed by atoms with E-state index in [9.17, 15) is 26.4 Å². The third-order valence-corrected chi connectivity index (χ3v) is 3.46. The summed E-state index contributed by atoms with van der Waals surface area (Å²) in [6.45, 7) is 0. The van der Waals surface area contributed by atoms with Crippen LogP contribution in [0.3, 0.4) is 0 Å². The molecule has 1 aromatic carbocycles. The number of ether oxygens (including phenoxy) is 1. The topological polar surface area (TPSA) is 80.7 Å². The Kier molecular flexibility index (Phi) is 6.29. The minimum Gasteiger partial charge on any atom is -0.448 e. The van der Waals surface area contributed by atoms with Gasteiger partial charge in [0, 0.05) is 0 Å². The first-order valence-electron chi connectivity index (χ1n) is 6.22. The van der Waals surface area contributed by atoms with Gasteiger partial charge in [-0.1, -0.05) is 29.8 Å². The molecule has 23 heavy (non-hydrogen) atoms. The van der Waals surface area contributed by atoms with Crippen molar-refractivity contribution in [3.63, 3.8) is 0 Å². The summed E-state index contributed by atoms with van der Waals surface area (Å²) >= 11 is 0. The Balaban J connectivity index is 3.08. The first kappa shape index (κ1) is 19.6. The maximum atomic E-state index is 12.7. The van der Waals surface area contributed by atoms with Gasteiger partial charge in [0.05, 0.1) is 21.3 Å². The average molecular weight is 346 g/mol. The summed E-state index contributed by atoms with van der Waals surface area (Å²) in [7, 11) is 5.82. The van der Waals surface area contributed by atoms with Gasteiger partial charge in [0.15, 0.2) is 0 Å². The third kappa shape index (κ3) is 6.26. The minimum atomic E-state index is -5.16. The van der Waals surface area contributed by atoms with Gasteiger partial charge < -0.3 is 4.74 Å². The molecule has 0 saturated carbocycles. The lowest BCUT2D eigenvalue weighted by Crippen LogP contribution is -2.39. The maximum Gasteiger partial charge on any atom is 0.426 e. The van der Waals surface area contributed by atoms with E-state index in [-0.39, 0.29) is 18.2 Å². The van der Waals surface area contributed by atoms with Crippen LogP contribution in [0.4, 0.5) is 13.2 Å². The summed E-state index contributed by atoms with van der Waals surface area (Å²) in [5.41, 5.74) is 0.634. The molecule has 0 amide bonds. The normalized spacial score (nSPS) is 13.6. The van der Waals surface area contributed by atoms with Crippen LogP contribution >= 0.6 is 0 Å². The first-order chi connectivity index (χ1) is 10.5. The highest BCUT2D eigenvalue weighted by Crippen LogP contribution is 2.25. The zero-order valence-corrected chi connectivity index (χ0v) is 12.5. The lowest BCUT2D eigenvalue weighted by Gasteiger charge is -2.19. The van der Waals surface area contributed by atoms with Crippen molar-refractivity contribution in [2.24, 2.45) is 0 Å². The molecule has 1 rings (SSSR count). The summed E-state index contributed by atoms with van der Waals surface area (Å²) in [4.78, 5) is 11.8. The van der Waals surface area contributed by atoms with Crippen molar-refractivity contribution in [3.8, 4) is 0 Å². The molecule has 0 heterocycles. The van der Waals surface area contributed by atoms with Gasteiger partial charge in [0.1, 0.15) is 5.75 Å². The lowest BCUT2D eigenvalue weighted by molar-refractivity contribution is -0.197. The fraction of sp³-hybridized carbons (Fsp3) is 0.417. The molecule has 0 saturated heterocycles. The van der Waals surface area contributed by atoms with Gasteiger partial charge in [0.2, 0.25) is 6.10 Å². The standard InChI is InChI=1S/C12H11B2F3O5S/c13-4-7-1-8(5-14)3-9(2-7)11(18)22-10(12(15,16)17)6-23(19,20)21/h1-3,10H,4-6H2,(H,19,20,21). The van der Waals surface area contributed by atoms with Gasteiger partial charge in [0.25, 0.3) is 10.1 Å². The van der Waals surface area contributed by atoms with E-state index in [1.165, 1.54) is 12.1 Å². The Morgan fingerprint density at radius 1 is 1.17 bits per heavy atom. The van der Waals surface area contributed by atoms with E-state index in [0.717, 1.165) is 0 Å². The van der Waals surface area contributed by atoms with Gasteiger partial charge >= 0.3 is 12.1 Å². The Morgan fingerprint density at radius 2 is 1.65 bits per heavy atom. The van der Waals surface area contributed by atoms with Crippen molar-refractivity contribution in [1.29, 1.82) is 0 Å². The Hall–Kier alpha value is -1.48. The average Bonchev–Trinajstić information content (AvgIpc) is 2.43. The van der Waals surface area contributed by atoms with Gasteiger partial charge in [-0.25, -0.2) is 4.79 Å². The number of esters is 1. The van der Waals surface area contributed by atoms with Gasteiger partial charge in [-0.05, 0) is 12.1 Å². The molecule has 1 aromatic rings. The molecule has 0 spiro atoms. The molecule has 0 aliphatic heterocycles. The number of benzene rings is 1. The number of hydrogen-bond acceptors (Lipinski definition) is 4. The maximum absolute atomic E-state index is 12.7. The highest BCUT2D eigenvalue weighted by atomic mass is 32.2. The molecule has 1 N–H and O–H groups in total. The molecule has 11 heteroatoms. The van der Waals surface area contributed by atoms with Crippen molar-refractivity contribution in [3.05, 3.63) is 34.9 Å². The van der Waals surface area contributed by atoms with E-state index in [1.807, 2.05) is 0 Å². The minimum absolute atomic E-state index is 0.0157. The Bertz CT molecular complexity index is 654. The van der Waals surface area contributed by atoms with Crippen LogP contribution in [0.25, 0.3) is 0 Å². The number of hydrogen-bond donors (Lipinski definition) is 1. The number of alkyl halides is 3. The zero-order valence-electron chi connectivity index (χ0n) is 11.7. The predicted octanol–water partition coefficient (Wildman–Crippen LogP) is 0.999. The largest absolute Gasteiger partial charge is 0.448 e. The van der Waals surface area contributed by atoms with Crippen LogP contribution in [0.5, 0.6) is 0 Å². The summed E-state index contributed by atoms with van der Waals surface area (Å²) in [6.07, 6.45) is -8.12. The van der Waals surface area contributed by atoms with E-state index in [0.29, 0.717) is 11.1 Å². The molecule has 0 aliphatic carbocycles. The first-order valence-corrected chi connectivity index (χ1v) is 7.83. The fourth-order valence-corrected chi connectivity index (χ4v) is 2.34. The van der Waals surface area contributed by atoms with Crippen molar-refractivity contribution >= 4 is 31.8 Å². The summed E-state index contributed by atoms with van der Waals surface area (Å²) in [5, 5.41) is 0. The third-order valence-electron chi connectivity index (χ3n) is 2.74. The molecule has 4 radical (unpaired) electrons. The molecule has 1 unspecified atom stereocenters. The van der Waals surface area contributed by atoms with E-state index < -0.39 is 34.1 Å². The van der Waals surface area contributed by atoms with Crippen molar-refractivity contribution in [2.75, 3.05) is 5.75 Å². The van der Waals surface area contributed by atoms with Crippen LogP contribution in [0, 0.1) is 0 Å². The van der Waals surface area contributed by atoms with Gasteiger partial charge in [-0.2, -0.15) is 21.6 Å². The summed E-state index contributed by atoms with van der Waals surface area (Å²) in [5.74, 6) is -3.19. The van der Waals surface area contributed by atoms with Crippen molar-refractivity contribution in [2.45, 2.75) is 24.9 Å². The summed E-state index contributed by atoms with van der Waals surface area (Å²) < 4.78 is 72.2. The Labute approximate surface area is 133 Å². The van der Waals surface area contributed by atoms with Crippen LogP contribution < -0.4 is 0 Å². The zero-order chi connectivity index (χ0) is 17.8. The van der Waals surface area contributed by atoms with E-state index in [2.05, 4.69) is 4.74 Å². The molecule has 0 fully saturated rings. The molecule has 0 bridgehead atoms. The smallest absolute Gasteiger partial charge is 0.426 e. The van der Waals surface area contributed by atoms with Crippen molar-refractivity contribution in [1.82, 2.24) is 0 Å². The summed E-state index contributed by atoms with van der Waals surface area (Å²) in [6, 6.07) is 3.99. The van der Waals surface area contributed by atoms with Crippen LogP contribution in [0.2, 0.25) is 0 Å². The molecule has 0 aromatic heterocycles. The second kappa shape index (κ2) is 7.39. The van der Waals surface area contributed by atoms with E-state index in [4.69, 9.17) is 20.2 Å². The lowest BCUT2D eigenvalue weighted by atomic mass is 9.89. The number of carbonyl (C=O) groups is 1. The van der Waals surface area contributed by atoms with Crippen LogP contribution in [-0.4, -0.2) is 52.7 Å². The van der Waals surface area contributed by atoms with Crippen LogP contribution in [0.15, 0.2) is 18.2 Å². The molecule has 0 aliphatic rings. The molecular formula is C12H11B2F3O5S. The second-order valence-corrected chi connectivity index (χ2v) is 6.13. The molecular weight excluding hydrogens is 335 g/mol. The molecule has 5 nitrogen and oxygen atoms in total. The number of rotatable bonds is 6. The number of halogens is 3. The number of carbonyl (C=O) groups excluding carboxylic acids is 1. The highest BCUT2D eigenvalue weighted by molar-refractivity contribution is 7.85. The van der Waals surface area contributed by atoms with E-state index in [1.54, 1.807) is 6.07 Å². The van der Waals surface area contributed by atoms with Crippen molar-refractivity contribution < 1.29 is 35.7 Å². The second-order valence-electron chi connectivity index (χ2n) is 4.63. The predicted molar refractivity (Wildman–Crippen MR) is 77.0 cm³/mol. The SMILES string of the molecule is [B]Cc1cc(C[B])cc(C(=O)OC(CS(=O)(=O)O)C(F)(F)F)c1. The van der Waals surface area contributed by atoms with Gasteiger partial charge in [-0.3, -0.25) is 4.55 Å². The quantitative estimate of drug-likeness (QED) is 0.472. The monoisotopic (exact) mass is 346 g/mol. The van der Waals surface area contributed by atoms with Gasteiger partial charge in [-0.15, -0.1) is 0 Å². The van der Waals surface area contributed by atoms with E-state index >= 15 is 0 Å². The fourth-order valence-electron chi connectivity index (χ4n) is 1.70. The molecule has 122 valence electrons. The highest BCUT2D eigenvalue weighted by Gasteiger charge is 2.45.